The molecule has 0 N–H and O–H groups in total. The van der Waals surface area contributed by atoms with Crippen LogP contribution in [0.3, 0.4) is 0 Å². The molecule has 8 heteroatoms. The number of nitrogens with zero attached hydrogens (tertiary/aromatic N) is 2. The summed E-state index contributed by atoms with van der Waals surface area (Å²) in [4.78, 5) is 14.2. The van der Waals surface area contributed by atoms with E-state index < -0.39 is 16.0 Å². The standard InChI is InChI=1S/C23H19ClN2O4S/c1-16-6-12-19(13-7-16)26(14-15-30-23(27)17-8-10-18(24)11-9-17)22-20-4-2-3-5-21(20)31(28,29)25-22/h2-13H,14-15H2,1H3. The van der Waals surface area contributed by atoms with Gasteiger partial charge in [0, 0.05) is 16.3 Å². The Balaban J connectivity index is 1.60. The lowest BCUT2D eigenvalue weighted by molar-refractivity contribution is 0.0517. The zero-order valence-corrected chi connectivity index (χ0v) is 18.2. The van der Waals surface area contributed by atoms with E-state index in [2.05, 4.69) is 4.40 Å². The molecule has 3 aromatic rings. The average molecular weight is 455 g/mol. The smallest absolute Gasteiger partial charge is 0.338 e. The van der Waals surface area contributed by atoms with Crippen molar-refractivity contribution in [2.75, 3.05) is 18.1 Å². The highest BCUT2D eigenvalue weighted by atomic mass is 35.5. The van der Waals surface area contributed by atoms with Gasteiger partial charge < -0.3 is 9.64 Å². The number of ether oxygens (including phenoxy) is 1. The number of halogens is 1. The number of hydrogen-bond acceptors (Lipinski definition) is 5. The number of rotatable bonds is 5. The monoisotopic (exact) mass is 454 g/mol. The van der Waals surface area contributed by atoms with Gasteiger partial charge in [0.1, 0.15) is 11.5 Å². The fraction of sp³-hybridized carbons (Fsp3) is 0.130. The van der Waals surface area contributed by atoms with Crippen LogP contribution < -0.4 is 4.90 Å². The summed E-state index contributed by atoms with van der Waals surface area (Å²) in [6.45, 7) is 2.23. The third-order valence-electron chi connectivity index (χ3n) is 4.84. The predicted molar refractivity (Wildman–Crippen MR) is 120 cm³/mol. The predicted octanol–water partition coefficient (Wildman–Crippen LogP) is 4.46. The molecule has 0 saturated heterocycles. The Labute approximate surface area is 185 Å². The third-order valence-corrected chi connectivity index (χ3v) is 6.42. The van der Waals surface area contributed by atoms with Gasteiger partial charge in [0.25, 0.3) is 10.0 Å². The van der Waals surface area contributed by atoms with E-state index in [1.807, 2.05) is 31.2 Å². The van der Waals surface area contributed by atoms with Crippen molar-refractivity contribution in [3.05, 3.63) is 94.5 Å². The van der Waals surface area contributed by atoms with Crippen LogP contribution in [-0.4, -0.2) is 33.4 Å². The highest BCUT2D eigenvalue weighted by molar-refractivity contribution is 7.90. The summed E-state index contributed by atoms with van der Waals surface area (Å²) in [5, 5.41) is 0.529. The molecular weight excluding hydrogens is 436 g/mol. The van der Waals surface area contributed by atoms with Crippen molar-refractivity contribution < 1.29 is 17.9 Å². The topological polar surface area (TPSA) is 76.0 Å². The summed E-state index contributed by atoms with van der Waals surface area (Å²) in [5.41, 5.74) is 2.72. The molecule has 1 heterocycles. The van der Waals surface area contributed by atoms with Crippen LogP contribution in [0, 0.1) is 6.92 Å². The van der Waals surface area contributed by atoms with Crippen molar-refractivity contribution in [3.8, 4) is 0 Å². The van der Waals surface area contributed by atoms with E-state index >= 15 is 0 Å². The third kappa shape index (κ3) is 4.47. The van der Waals surface area contributed by atoms with E-state index in [0.717, 1.165) is 11.3 Å². The Hall–Kier alpha value is -3.16. The first kappa shape index (κ1) is 21.1. The summed E-state index contributed by atoms with van der Waals surface area (Å²) in [6, 6.07) is 20.7. The highest BCUT2D eigenvalue weighted by Crippen LogP contribution is 2.30. The Morgan fingerprint density at radius 1 is 1.00 bits per heavy atom. The number of amidine groups is 1. The molecule has 0 saturated carbocycles. The minimum absolute atomic E-state index is 0.0383. The number of carbonyl (C=O) groups is 1. The molecule has 1 aliphatic rings. The first-order valence-electron chi connectivity index (χ1n) is 9.56. The maximum absolute atomic E-state index is 12.5. The van der Waals surface area contributed by atoms with Gasteiger partial charge in [-0.25, -0.2) is 4.79 Å². The average Bonchev–Trinajstić information content (AvgIpc) is 3.03. The number of benzene rings is 3. The molecule has 0 fully saturated rings. The molecule has 0 atom stereocenters. The van der Waals surface area contributed by atoms with E-state index in [9.17, 15) is 13.2 Å². The Morgan fingerprint density at radius 2 is 1.68 bits per heavy atom. The Morgan fingerprint density at radius 3 is 2.39 bits per heavy atom. The largest absolute Gasteiger partial charge is 0.460 e. The van der Waals surface area contributed by atoms with E-state index in [1.54, 1.807) is 47.4 Å². The van der Waals surface area contributed by atoms with Crippen molar-refractivity contribution in [1.29, 1.82) is 0 Å². The lowest BCUT2D eigenvalue weighted by Crippen LogP contribution is -2.34. The Kier molecular flexibility index (Phi) is 5.80. The number of anilines is 1. The van der Waals surface area contributed by atoms with Gasteiger partial charge in [-0.05, 0) is 55.5 Å². The molecule has 1 aliphatic heterocycles. The van der Waals surface area contributed by atoms with Gasteiger partial charge >= 0.3 is 5.97 Å². The molecule has 0 radical (unpaired) electrons. The van der Waals surface area contributed by atoms with E-state index in [0.29, 0.717) is 22.0 Å². The maximum atomic E-state index is 12.5. The zero-order chi connectivity index (χ0) is 22.0. The fourth-order valence-corrected chi connectivity index (χ4v) is 4.60. The van der Waals surface area contributed by atoms with Gasteiger partial charge in [0.05, 0.1) is 12.1 Å². The van der Waals surface area contributed by atoms with Crippen molar-refractivity contribution in [1.82, 2.24) is 0 Å². The second-order valence-corrected chi connectivity index (χ2v) is 9.03. The van der Waals surface area contributed by atoms with Crippen molar-refractivity contribution in [2.24, 2.45) is 4.40 Å². The van der Waals surface area contributed by atoms with Crippen molar-refractivity contribution in [3.63, 3.8) is 0 Å². The van der Waals surface area contributed by atoms with Gasteiger partial charge in [-0.15, -0.1) is 4.40 Å². The maximum Gasteiger partial charge on any atom is 0.338 e. The van der Waals surface area contributed by atoms with Crippen molar-refractivity contribution >= 4 is 39.1 Å². The molecule has 0 aliphatic carbocycles. The van der Waals surface area contributed by atoms with Crippen LogP contribution in [0.25, 0.3) is 0 Å². The van der Waals surface area contributed by atoms with Crippen LogP contribution in [-0.2, 0) is 14.8 Å². The first-order valence-corrected chi connectivity index (χ1v) is 11.4. The number of sulfonamides is 1. The van der Waals surface area contributed by atoms with Crippen LogP contribution in [0.1, 0.15) is 21.5 Å². The van der Waals surface area contributed by atoms with Gasteiger partial charge in [-0.2, -0.15) is 8.42 Å². The summed E-state index contributed by atoms with van der Waals surface area (Å²) in [5.74, 6) is -0.177. The first-order chi connectivity index (χ1) is 14.8. The number of aryl methyl sites for hydroxylation is 1. The van der Waals surface area contributed by atoms with Crippen LogP contribution >= 0.6 is 11.6 Å². The molecule has 31 heavy (non-hydrogen) atoms. The number of fused-ring (bicyclic) bond motifs is 1. The second-order valence-electron chi connectivity index (χ2n) is 7.02. The molecular formula is C23H19ClN2O4S. The summed E-state index contributed by atoms with van der Waals surface area (Å²) in [6.07, 6.45) is 0. The molecule has 0 bridgehead atoms. The fourth-order valence-electron chi connectivity index (χ4n) is 3.26. The lowest BCUT2D eigenvalue weighted by Gasteiger charge is -2.24. The molecule has 0 spiro atoms. The Bertz CT molecular complexity index is 1250. The number of hydrogen-bond donors (Lipinski definition) is 0. The van der Waals surface area contributed by atoms with Gasteiger partial charge in [-0.1, -0.05) is 41.4 Å². The van der Waals surface area contributed by atoms with E-state index in [4.69, 9.17) is 16.3 Å². The molecule has 158 valence electrons. The van der Waals surface area contributed by atoms with Gasteiger partial charge in [0.15, 0.2) is 5.84 Å². The molecule has 6 nitrogen and oxygen atoms in total. The van der Waals surface area contributed by atoms with Gasteiger partial charge in [0.2, 0.25) is 0 Å². The van der Waals surface area contributed by atoms with Gasteiger partial charge in [-0.3, -0.25) is 0 Å². The summed E-state index contributed by atoms with van der Waals surface area (Å²) in [7, 11) is -3.78. The molecule has 0 aromatic heterocycles. The number of esters is 1. The van der Waals surface area contributed by atoms with Crippen LogP contribution in [0.15, 0.2) is 82.1 Å². The van der Waals surface area contributed by atoms with Crippen LogP contribution in [0.2, 0.25) is 5.02 Å². The SMILES string of the molecule is Cc1ccc(N(CCOC(=O)c2ccc(Cl)cc2)C2=NS(=O)(=O)c3ccccc32)cc1. The molecule has 0 amide bonds. The summed E-state index contributed by atoms with van der Waals surface area (Å²) >= 11 is 5.86. The normalized spacial score (nSPS) is 13.9. The summed E-state index contributed by atoms with van der Waals surface area (Å²) < 4.78 is 34.5. The quantitative estimate of drug-likeness (QED) is 0.532. The molecule has 4 rings (SSSR count). The van der Waals surface area contributed by atoms with Crippen LogP contribution in [0.5, 0.6) is 0 Å². The molecule has 0 unspecified atom stereocenters. The minimum Gasteiger partial charge on any atom is -0.460 e. The van der Waals surface area contributed by atoms with Crippen LogP contribution in [0.4, 0.5) is 5.69 Å². The lowest BCUT2D eigenvalue weighted by atomic mass is 10.1. The number of carbonyl (C=O) groups excluding carboxylic acids is 1. The minimum atomic E-state index is -3.78. The second kappa shape index (κ2) is 8.53. The van der Waals surface area contributed by atoms with E-state index in [-0.39, 0.29) is 18.0 Å². The molecule has 3 aromatic carbocycles. The zero-order valence-electron chi connectivity index (χ0n) is 16.7. The highest BCUT2D eigenvalue weighted by Gasteiger charge is 2.32. The van der Waals surface area contributed by atoms with Crippen molar-refractivity contribution in [2.45, 2.75) is 11.8 Å². The van der Waals surface area contributed by atoms with E-state index in [1.165, 1.54) is 6.07 Å².